The smallest absolute Gasteiger partial charge is 0.339 e. The van der Waals surface area contributed by atoms with E-state index in [1.165, 1.54) is 12.7 Å². The van der Waals surface area contributed by atoms with E-state index in [1.54, 1.807) is 0 Å². The number of hydrogen-bond donors (Lipinski definition) is 3. The highest BCUT2D eigenvalue weighted by Crippen LogP contribution is 2.06. The normalized spacial score (nSPS) is 17.1. The number of nitrogens with one attached hydrogen (secondary N) is 3. The number of hydrogen-bond acceptors (Lipinski definition) is 5. The third-order valence-corrected chi connectivity index (χ3v) is 3.08. The molecule has 8 nitrogen and oxygen atoms in total. The lowest BCUT2D eigenvalue weighted by molar-refractivity contribution is 0.238. The van der Waals surface area contributed by atoms with Crippen molar-refractivity contribution >= 4 is 11.2 Å². The molecule has 1 saturated heterocycles. The molecule has 0 amide bonds. The number of aromatic nitrogens is 4. The van der Waals surface area contributed by atoms with Crippen LogP contribution in [0.1, 0.15) is 19.3 Å². The summed E-state index contributed by atoms with van der Waals surface area (Å²) < 4.78 is 0.978. The Morgan fingerprint density at radius 2 is 2.00 bits per heavy atom. The Labute approximate surface area is 102 Å². The number of fused-ring (bicyclic) bond motifs is 1. The lowest BCUT2D eigenvalue weighted by Crippen LogP contribution is -2.50. The highest BCUT2D eigenvalue weighted by molar-refractivity contribution is 5.67. The number of piperidine rings is 1. The molecule has 3 heterocycles. The van der Waals surface area contributed by atoms with E-state index in [0.29, 0.717) is 5.52 Å². The van der Waals surface area contributed by atoms with Gasteiger partial charge in [0.15, 0.2) is 11.2 Å². The van der Waals surface area contributed by atoms with Crippen molar-refractivity contribution in [3.05, 3.63) is 27.2 Å². The fraction of sp³-hybridized carbons (Fsp3) is 0.500. The van der Waals surface area contributed by atoms with Crippen LogP contribution in [0.4, 0.5) is 0 Å². The van der Waals surface area contributed by atoms with E-state index in [9.17, 15) is 9.59 Å². The Balaban J connectivity index is 2.00. The highest BCUT2D eigenvalue weighted by Gasteiger charge is 2.14. The quantitative estimate of drug-likeness (QED) is 0.658. The summed E-state index contributed by atoms with van der Waals surface area (Å²) in [6, 6.07) is 0. The van der Waals surface area contributed by atoms with Crippen LogP contribution < -0.4 is 16.8 Å². The van der Waals surface area contributed by atoms with Gasteiger partial charge in [-0.1, -0.05) is 6.42 Å². The third-order valence-electron chi connectivity index (χ3n) is 3.08. The van der Waals surface area contributed by atoms with Gasteiger partial charge in [0.1, 0.15) is 0 Å². The van der Waals surface area contributed by atoms with Crippen molar-refractivity contribution in [2.24, 2.45) is 0 Å². The zero-order chi connectivity index (χ0) is 12.5. The summed E-state index contributed by atoms with van der Waals surface area (Å²) in [4.78, 5) is 33.0. The standard InChI is InChI=1S/C10H14N6O2/c17-9-7-8(12-6-11-7)13-10(18)16(9)14-15-4-2-1-3-5-15/h6,14H,1-5H2,(H,11,12)(H,13,18). The molecule has 1 aliphatic rings. The molecule has 2 aromatic heterocycles. The van der Waals surface area contributed by atoms with Gasteiger partial charge in [-0.3, -0.25) is 9.78 Å². The first-order valence-electron chi connectivity index (χ1n) is 5.96. The molecule has 0 unspecified atom stereocenters. The van der Waals surface area contributed by atoms with E-state index in [0.717, 1.165) is 30.6 Å². The predicted octanol–water partition coefficient (Wildman–Crippen LogP) is -0.643. The summed E-state index contributed by atoms with van der Waals surface area (Å²) in [7, 11) is 0. The Hall–Kier alpha value is -2.09. The van der Waals surface area contributed by atoms with E-state index in [2.05, 4.69) is 20.5 Å². The summed E-state index contributed by atoms with van der Waals surface area (Å²) in [6.07, 6.45) is 4.69. The van der Waals surface area contributed by atoms with E-state index >= 15 is 0 Å². The number of hydrazine groups is 1. The van der Waals surface area contributed by atoms with Crippen molar-refractivity contribution in [3.63, 3.8) is 0 Å². The summed E-state index contributed by atoms with van der Waals surface area (Å²) in [5.74, 6) is 0. The Bertz CT molecular complexity index is 663. The second-order valence-electron chi connectivity index (χ2n) is 4.34. The van der Waals surface area contributed by atoms with Gasteiger partial charge >= 0.3 is 11.2 Å². The number of aromatic amines is 2. The first-order valence-corrected chi connectivity index (χ1v) is 5.96. The maximum Gasteiger partial charge on any atom is 0.350 e. The van der Waals surface area contributed by atoms with Crippen LogP contribution >= 0.6 is 0 Å². The molecule has 1 aliphatic heterocycles. The van der Waals surface area contributed by atoms with Gasteiger partial charge in [0.05, 0.1) is 6.33 Å². The maximum atomic E-state index is 12.1. The largest absolute Gasteiger partial charge is 0.350 e. The van der Waals surface area contributed by atoms with Crippen molar-refractivity contribution < 1.29 is 0 Å². The van der Waals surface area contributed by atoms with Gasteiger partial charge in [0, 0.05) is 13.1 Å². The van der Waals surface area contributed by atoms with Crippen LogP contribution in [0.5, 0.6) is 0 Å². The highest BCUT2D eigenvalue weighted by atomic mass is 16.2. The Kier molecular flexibility index (Phi) is 2.63. The summed E-state index contributed by atoms with van der Waals surface area (Å²) in [5, 5.41) is 1.88. The Morgan fingerprint density at radius 1 is 1.22 bits per heavy atom. The van der Waals surface area contributed by atoms with Crippen molar-refractivity contribution in [2.45, 2.75) is 19.3 Å². The second-order valence-corrected chi connectivity index (χ2v) is 4.34. The molecule has 0 atom stereocenters. The van der Waals surface area contributed by atoms with Gasteiger partial charge in [-0.05, 0) is 12.8 Å². The van der Waals surface area contributed by atoms with Gasteiger partial charge in [0.2, 0.25) is 0 Å². The Morgan fingerprint density at radius 3 is 2.78 bits per heavy atom. The van der Waals surface area contributed by atoms with E-state index in [1.807, 2.05) is 5.01 Å². The molecule has 0 aliphatic carbocycles. The molecule has 1 fully saturated rings. The molecule has 18 heavy (non-hydrogen) atoms. The zero-order valence-electron chi connectivity index (χ0n) is 9.77. The van der Waals surface area contributed by atoms with Crippen molar-refractivity contribution in [3.8, 4) is 0 Å². The molecular formula is C10H14N6O2. The number of H-pyrrole nitrogens is 2. The van der Waals surface area contributed by atoms with Gasteiger partial charge in [-0.15, -0.1) is 0 Å². The molecule has 3 rings (SSSR count). The van der Waals surface area contributed by atoms with E-state index in [-0.39, 0.29) is 5.65 Å². The van der Waals surface area contributed by atoms with Crippen LogP contribution in [-0.2, 0) is 0 Å². The van der Waals surface area contributed by atoms with Crippen LogP contribution in [0, 0.1) is 0 Å². The molecule has 0 spiro atoms. The van der Waals surface area contributed by atoms with Gasteiger partial charge in [-0.2, -0.15) is 4.68 Å². The fourth-order valence-corrected chi connectivity index (χ4v) is 2.14. The number of imidazole rings is 1. The summed E-state index contributed by atoms with van der Waals surface area (Å²) in [6.45, 7) is 1.65. The van der Waals surface area contributed by atoms with Crippen molar-refractivity contribution in [1.82, 2.24) is 24.6 Å². The van der Waals surface area contributed by atoms with Crippen molar-refractivity contribution in [1.29, 1.82) is 0 Å². The van der Waals surface area contributed by atoms with Gasteiger partial charge < -0.3 is 4.98 Å². The first-order chi connectivity index (χ1) is 8.75. The molecule has 8 heteroatoms. The van der Waals surface area contributed by atoms with E-state index < -0.39 is 11.2 Å². The van der Waals surface area contributed by atoms with Crippen LogP contribution in [0.2, 0.25) is 0 Å². The molecule has 3 N–H and O–H groups in total. The van der Waals surface area contributed by atoms with Crippen LogP contribution in [0.15, 0.2) is 15.9 Å². The minimum absolute atomic E-state index is 0.279. The average Bonchev–Trinajstić information content (AvgIpc) is 2.84. The fourth-order valence-electron chi connectivity index (χ4n) is 2.14. The van der Waals surface area contributed by atoms with Gasteiger partial charge in [0.25, 0.3) is 0 Å². The average molecular weight is 250 g/mol. The summed E-state index contributed by atoms with van der Waals surface area (Å²) in [5.41, 5.74) is 2.49. The lowest BCUT2D eigenvalue weighted by Gasteiger charge is -2.27. The molecule has 0 aromatic carbocycles. The van der Waals surface area contributed by atoms with Crippen LogP contribution in [0.25, 0.3) is 11.2 Å². The lowest BCUT2D eigenvalue weighted by atomic mass is 10.2. The SMILES string of the molecule is O=c1[nH]c2nc[nH]c2c(=O)n1NN1CCCCC1. The third kappa shape index (κ3) is 1.80. The molecule has 2 aromatic rings. The van der Waals surface area contributed by atoms with Gasteiger partial charge in [-0.25, -0.2) is 20.3 Å². The van der Waals surface area contributed by atoms with Crippen LogP contribution in [0.3, 0.4) is 0 Å². The monoisotopic (exact) mass is 250 g/mol. The molecule has 0 saturated carbocycles. The molecule has 0 radical (unpaired) electrons. The second kappa shape index (κ2) is 4.30. The maximum absolute atomic E-state index is 12.1. The number of nitrogens with zero attached hydrogens (tertiary/aromatic N) is 3. The first kappa shape index (κ1) is 11.0. The number of rotatable bonds is 2. The zero-order valence-corrected chi connectivity index (χ0v) is 9.77. The summed E-state index contributed by atoms with van der Waals surface area (Å²) >= 11 is 0. The minimum Gasteiger partial charge on any atom is -0.339 e. The molecule has 96 valence electrons. The minimum atomic E-state index is -0.509. The molecule has 0 bridgehead atoms. The van der Waals surface area contributed by atoms with Crippen molar-refractivity contribution in [2.75, 3.05) is 18.6 Å². The van der Waals surface area contributed by atoms with E-state index in [4.69, 9.17) is 0 Å². The van der Waals surface area contributed by atoms with Crippen LogP contribution in [-0.4, -0.2) is 37.7 Å². The predicted molar refractivity (Wildman–Crippen MR) is 65.8 cm³/mol. The topological polar surface area (TPSA) is 98.8 Å². The molecular weight excluding hydrogens is 236 g/mol.